The van der Waals surface area contributed by atoms with Gasteiger partial charge in [-0.1, -0.05) is 12.1 Å². The lowest BCUT2D eigenvalue weighted by Crippen LogP contribution is -2.11. The third-order valence-corrected chi connectivity index (χ3v) is 4.56. The van der Waals surface area contributed by atoms with Gasteiger partial charge >= 0.3 is 6.18 Å². The zero-order valence-electron chi connectivity index (χ0n) is 15.6. The minimum absolute atomic E-state index is 0.0865. The Morgan fingerprint density at radius 2 is 1.90 bits per heavy atom. The molecule has 0 saturated heterocycles. The van der Waals surface area contributed by atoms with Crippen LogP contribution in [0.3, 0.4) is 0 Å². The van der Waals surface area contributed by atoms with Crippen molar-refractivity contribution in [2.24, 2.45) is 0 Å². The molecule has 0 unspecified atom stereocenters. The van der Waals surface area contributed by atoms with Crippen molar-refractivity contribution in [3.05, 3.63) is 72.1 Å². The number of ether oxygens (including phenoxy) is 1. The zero-order chi connectivity index (χ0) is 21.3. The summed E-state index contributed by atoms with van der Waals surface area (Å²) in [4.78, 5) is 3.49. The summed E-state index contributed by atoms with van der Waals surface area (Å²) in [5.74, 6) is 0.412. The van der Waals surface area contributed by atoms with Gasteiger partial charge in [0.2, 0.25) is 0 Å². The molecule has 154 valence electrons. The molecule has 4 aromatic rings. The Morgan fingerprint density at radius 1 is 1.07 bits per heavy atom. The highest BCUT2D eigenvalue weighted by Gasteiger charge is 2.36. The van der Waals surface area contributed by atoms with Crippen LogP contribution in [0, 0.1) is 5.82 Å². The highest BCUT2D eigenvalue weighted by atomic mass is 19.4. The first-order valence-corrected chi connectivity index (χ1v) is 8.80. The van der Waals surface area contributed by atoms with Crippen LogP contribution in [0.1, 0.15) is 11.3 Å². The number of nitrogens with zero attached hydrogens (tertiary/aromatic N) is 4. The van der Waals surface area contributed by atoms with Crippen molar-refractivity contribution in [1.29, 1.82) is 0 Å². The summed E-state index contributed by atoms with van der Waals surface area (Å²) in [6.45, 7) is 0.0865. The van der Waals surface area contributed by atoms with E-state index in [2.05, 4.69) is 20.5 Å². The fourth-order valence-corrected chi connectivity index (χ4v) is 3.20. The van der Waals surface area contributed by atoms with E-state index in [1.807, 2.05) is 0 Å². The average molecular weight is 417 g/mol. The van der Waals surface area contributed by atoms with E-state index in [1.54, 1.807) is 12.1 Å². The number of anilines is 1. The topological polar surface area (TPSA) is 64.3 Å². The van der Waals surface area contributed by atoms with Crippen molar-refractivity contribution < 1.29 is 22.3 Å². The van der Waals surface area contributed by atoms with Crippen LogP contribution < -0.4 is 10.1 Å². The number of benzene rings is 1. The summed E-state index contributed by atoms with van der Waals surface area (Å²) >= 11 is 0. The molecule has 3 aromatic heterocycles. The molecule has 0 saturated carbocycles. The van der Waals surface area contributed by atoms with E-state index in [0.717, 1.165) is 6.20 Å². The number of alkyl halides is 3. The van der Waals surface area contributed by atoms with E-state index in [4.69, 9.17) is 4.74 Å². The van der Waals surface area contributed by atoms with E-state index >= 15 is 0 Å². The Morgan fingerprint density at radius 3 is 2.67 bits per heavy atom. The quantitative estimate of drug-likeness (QED) is 0.482. The number of nitrogens with one attached hydrogen (secondary N) is 1. The molecule has 0 atom stereocenters. The first kappa shape index (κ1) is 19.6. The highest BCUT2D eigenvalue weighted by Crippen LogP contribution is 2.37. The lowest BCUT2D eigenvalue weighted by atomic mass is 10.0. The second-order valence-electron chi connectivity index (χ2n) is 6.33. The monoisotopic (exact) mass is 417 g/mol. The second-order valence-corrected chi connectivity index (χ2v) is 6.33. The van der Waals surface area contributed by atoms with Crippen LogP contribution in [0.25, 0.3) is 16.8 Å². The summed E-state index contributed by atoms with van der Waals surface area (Å²) in [7, 11) is 1.44. The van der Waals surface area contributed by atoms with E-state index < -0.39 is 17.7 Å². The maximum absolute atomic E-state index is 14.2. The van der Waals surface area contributed by atoms with Crippen LogP contribution >= 0.6 is 0 Å². The lowest BCUT2D eigenvalue weighted by molar-refractivity contribution is -0.140. The Hall–Kier alpha value is -3.69. The van der Waals surface area contributed by atoms with Gasteiger partial charge in [0.1, 0.15) is 23.7 Å². The number of methoxy groups -OCH3 is 1. The number of fused-ring (bicyclic) bond motifs is 1. The molecule has 1 aromatic carbocycles. The molecule has 0 spiro atoms. The van der Waals surface area contributed by atoms with Gasteiger partial charge in [-0.05, 0) is 30.3 Å². The van der Waals surface area contributed by atoms with Crippen molar-refractivity contribution >= 4 is 11.5 Å². The highest BCUT2D eigenvalue weighted by molar-refractivity contribution is 5.80. The Bertz CT molecular complexity index is 1210. The third-order valence-electron chi connectivity index (χ3n) is 4.56. The van der Waals surface area contributed by atoms with Crippen LogP contribution in [-0.2, 0) is 12.7 Å². The van der Waals surface area contributed by atoms with E-state index in [0.29, 0.717) is 17.1 Å². The molecule has 30 heavy (non-hydrogen) atoms. The largest absolute Gasteiger partial charge is 0.496 e. The van der Waals surface area contributed by atoms with E-state index in [1.165, 1.54) is 48.2 Å². The molecular weight excluding hydrogens is 402 g/mol. The van der Waals surface area contributed by atoms with Gasteiger partial charge in [0.15, 0.2) is 11.3 Å². The maximum Gasteiger partial charge on any atom is 0.433 e. The predicted molar refractivity (Wildman–Crippen MR) is 101 cm³/mol. The SMILES string of the molecule is COc1cccc(F)c1CNc1ccc(-c2cccnc2C(F)(F)F)c2nncn12. The molecule has 0 radical (unpaired) electrons. The van der Waals surface area contributed by atoms with E-state index in [-0.39, 0.29) is 23.3 Å². The van der Waals surface area contributed by atoms with Crippen LogP contribution in [0.2, 0.25) is 0 Å². The Kier molecular flexibility index (Phi) is 4.98. The first-order chi connectivity index (χ1) is 14.4. The molecule has 4 rings (SSSR count). The van der Waals surface area contributed by atoms with Gasteiger partial charge in [0, 0.05) is 29.4 Å². The number of halogens is 4. The van der Waals surface area contributed by atoms with Gasteiger partial charge in [-0.2, -0.15) is 13.2 Å². The van der Waals surface area contributed by atoms with Gasteiger partial charge in [-0.25, -0.2) is 4.39 Å². The second kappa shape index (κ2) is 7.62. The van der Waals surface area contributed by atoms with Crippen molar-refractivity contribution in [3.8, 4) is 16.9 Å². The maximum atomic E-state index is 14.2. The molecule has 3 heterocycles. The molecule has 1 N–H and O–H groups in total. The number of rotatable bonds is 5. The third kappa shape index (κ3) is 3.51. The first-order valence-electron chi connectivity index (χ1n) is 8.80. The fraction of sp³-hybridized carbons (Fsp3) is 0.150. The Labute approximate surface area is 168 Å². The van der Waals surface area contributed by atoms with Gasteiger partial charge in [0.25, 0.3) is 0 Å². The van der Waals surface area contributed by atoms with Crippen molar-refractivity contribution in [1.82, 2.24) is 19.6 Å². The van der Waals surface area contributed by atoms with Crippen LogP contribution in [0.5, 0.6) is 5.75 Å². The zero-order valence-corrected chi connectivity index (χ0v) is 15.6. The standard InChI is InChI=1S/C20H15F4N5O/c1-30-16-6-2-5-15(21)14(16)10-26-17-8-7-13(19-28-27-11-29(17)19)12-4-3-9-25-18(12)20(22,23)24/h2-9,11,26H,10H2,1H3. The van der Waals surface area contributed by atoms with Crippen molar-refractivity contribution in [2.75, 3.05) is 12.4 Å². The predicted octanol–water partition coefficient (Wildman–Crippen LogP) is 4.57. The smallest absolute Gasteiger partial charge is 0.433 e. The van der Waals surface area contributed by atoms with Gasteiger partial charge < -0.3 is 10.1 Å². The lowest BCUT2D eigenvalue weighted by Gasteiger charge is -2.15. The van der Waals surface area contributed by atoms with Crippen molar-refractivity contribution in [3.63, 3.8) is 0 Å². The minimum atomic E-state index is -4.62. The number of hydrogen-bond donors (Lipinski definition) is 1. The summed E-state index contributed by atoms with van der Waals surface area (Å²) in [6, 6.07) is 10.3. The molecule has 0 aliphatic carbocycles. The normalized spacial score (nSPS) is 11.6. The van der Waals surface area contributed by atoms with Crippen LogP contribution in [0.4, 0.5) is 23.4 Å². The number of aromatic nitrogens is 4. The summed E-state index contributed by atoms with van der Waals surface area (Å²) in [5.41, 5.74) is -0.366. The Balaban J connectivity index is 1.73. The molecule has 6 nitrogen and oxygen atoms in total. The van der Waals surface area contributed by atoms with Gasteiger partial charge in [-0.3, -0.25) is 9.38 Å². The molecule has 0 aliphatic heterocycles. The molecule has 10 heteroatoms. The van der Waals surface area contributed by atoms with Gasteiger partial charge in [0.05, 0.1) is 7.11 Å². The van der Waals surface area contributed by atoms with Crippen LogP contribution in [-0.4, -0.2) is 26.7 Å². The number of hydrogen-bond acceptors (Lipinski definition) is 5. The molecule has 0 fully saturated rings. The van der Waals surface area contributed by atoms with Gasteiger partial charge in [-0.15, -0.1) is 10.2 Å². The molecule has 0 bridgehead atoms. The van der Waals surface area contributed by atoms with Crippen molar-refractivity contribution in [2.45, 2.75) is 12.7 Å². The number of pyridine rings is 2. The summed E-state index contributed by atoms with van der Waals surface area (Å²) in [5, 5.41) is 10.8. The van der Waals surface area contributed by atoms with Crippen LogP contribution in [0.15, 0.2) is 55.0 Å². The summed E-state index contributed by atoms with van der Waals surface area (Å²) in [6.07, 6.45) is -2.17. The van der Waals surface area contributed by atoms with E-state index in [9.17, 15) is 17.6 Å². The summed E-state index contributed by atoms with van der Waals surface area (Å²) < 4.78 is 61.0. The molecular formula is C20H15F4N5O. The average Bonchev–Trinajstić information content (AvgIpc) is 3.22. The fourth-order valence-electron chi connectivity index (χ4n) is 3.20. The molecule has 0 amide bonds. The minimum Gasteiger partial charge on any atom is -0.496 e. The molecule has 0 aliphatic rings.